The normalized spacial score (nSPS) is 10.9. The Morgan fingerprint density at radius 3 is 3.00 bits per heavy atom. The van der Waals surface area contributed by atoms with Crippen LogP contribution in [0.4, 0.5) is 5.69 Å². The van der Waals surface area contributed by atoms with Gasteiger partial charge in [-0.15, -0.1) is 0 Å². The van der Waals surface area contributed by atoms with Crippen molar-refractivity contribution in [2.75, 3.05) is 6.54 Å². The van der Waals surface area contributed by atoms with Crippen molar-refractivity contribution >= 4 is 16.6 Å². The second-order valence-electron chi connectivity index (χ2n) is 4.03. The minimum atomic E-state index is -0.399. The molecule has 0 bridgehead atoms. The van der Waals surface area contributed by atoms with Gasteiger partial charge in [0.15, 0.2) is 0 Å². The second kappa shape index (κ2) is 5.56. The Kier molecular flexibility index (Phi) is 3.85. The third-order valence-electron chi connectivity index (χ3n) is 2.78. The van der Waals surface area contributed by atoms with Gasteiger partial charge in [0.2, 0.25) is 0 Å². The van der Waals surface area contributed by atoms with Gasteiger partial charge >= 0.3 is 0 Å². The van der Waals surface area contributed by atoms with Crippen LogP contribution in [-0.2, 0) is 6.54 Å². The maximum absolute atomic E-state index is 10.7. The van der Waals surface area contributed by atoms with Gasteiger partial charge in [-0.25, -0.2) is 0 Å². The van der Waals surface area contributed by atoms with Crippen LogP contribution < -0.4 is 11.3 Å². The van der Waals surface area contributed by atoms with Crippen molar-refractivity contribution in [3.8, 4) is 0 Å². The first kappa shape index (κ1) is 12.5. The summed E-state index contributed by atoms with van der Waals surface area (Å²) < 4.78 is 1.86. The third-order valence-corrected chi connectivity index (χ3v) is 2.78. The highest BCUT2D eigenvalue weighted by Crippen LogP contribution is 2.20. The zero-order chi connectivity index (χ0) is 13.0. The SMILES string of the molecule is NNCCCCn1ncc2cc([N+](=O)[O-])ccc21. The Morgan fingerprint density at radius 1 is 1.44 bits per heavy atom. The van der Waals surface area contributed by atoms with Crippen molar-refractivity contribution in [3.05, 3.63) is 34.5 Å². The van der Waals surface area contributed by atoms with E-state index >= 15 is 0 Å². The number of hydrogen-bond acceptors (Lipinski definition) is 5. The zero-order valence-electron chi connectivity index (χ0n) is 9.87. The smallest absolute Gasteiger partial charge is 0.270 e. The predicted molar refractivity (Wildman–Crippen MR) is 67.8 cm³/mol. The predicted octanol–water partition coefficient (Wildman–Crippen LogP) is 1.19. The molecule has 0 amide bonds. The lowest BCUT2D eigenvalue weighted by Crippen LogP contribution is -2.23. The Hall–Kier alpha value is -1.99. The number of unbranched alkanes of at least 4 members (excludes halogenated alkanes) is 1. The molecule has 0 atom stereocenters. The molecule has 0 radical (unpaired) electrons. The van der Waals surface area contributed by atoms with E-state index in [2.05, 4.69) is 10.5 Å². The second-order valence-corrected chi connectivity index (χ2v) is 4.03. The fourth-order valence-electron chi connectivity index (χ4n) is 1.85. The number of fused-ring (bicyclic) bond motifs is 1. The summed E-state index contributed by atoms with van der Waals surface area (Å²) in [5.41, 5.74) is 3.61. The van der Waals surface area contributed by atoms with E-state index in [1.54, 1.807) is 18.3 Å². The number of nitrogens with two attached hydrogens (primary N) is 1. The fraction of sp³-hybridized carbons (Fsp3) is 0.364. The summed E-state index contributed by atoms with van der Waals surface area (Å²) in [6.07, 6.45) is 3.58. The van der Waals surface area contributed by atoms with Crippen LogP contribution in [0, 0.1) is 10.1 Å². The van der Waals surface area contributed by atoms with E-state index in [4.69, 9.17) is 5.84 Å². The van der Waals surface area contributed by atoms with Gasteiger partial charge in [0, 0.05) is 30.6 Å². The molecule has 0 unspecified atom stereocenters. The number of hydrazine groups is 1. The van der Waals surface area contributed by atoms with Crippen LogP contribution >= 0.6 is 0 Å². The molecule has 1 aromatic heterocycles. The lowest BCUT2D eigenvalue weighted by atomic mass is 10.2. The van der Waals surface area contributed by atoms with E-state index < -0.39 is 4.92 Å². The molecule has 2 rings (SSSR count). The minimum absolute atomic E-state index is 0.0920. The molecule has 0 aliphatic carbocycles. The molecule has 7 nitrogen and oxygen atoms in total. The van der Waals surface area contributed by atoms with Crippen molar-refractivity contribution in [3.63, 3.8) is 0 Å². The number of aryl methyl sites for hydroxylation is 1. The lowest BCUT2D eigenvalue weighted by Gasteiger charge is -2.03. The average molecular weight is 249 g/mol. The number of nitrogens with zero attached hydrogens (tertiary/aromatic N) is 3. The molecule has 0 aliphatic heterocycles. The monoisotopic (exact) mass is 249 g/mol. The van der Waals surface area contributed by atoms with Crippen LogP contribution in [0.15, 0.2) is 24.4 Å². The molecule has 1 heterocycles. The van der Waals surface area contributed by atoms with Gasteiger partial charge in [-0.05, 0) is 18.9 Å². The van der Waals surface area contributed by atoms with E-state index in [0.29, 0.717) is 0 Å². The summed E-state index contributed by atoms with van der Waals surface area (Å²) in [4.78, 5) is 10.3. The maximum atomic E-state index is 10.7. The van der Waals surface area contributed by atoms with Crippen molar-refractivity contribution in [2.45, 2.75) is 19.4 Å². The largest absolute Gasteiger partial charge is 0.271 e. The van der Waals surface area contributed by atoms with Crippen LogP contribution in [0.5, 0.6) is 0 Å². The summed E-state index contributed by atoms with van der Waals surface area (Å²) in [5, 5.41) is 15.7. The summed E-state index contributed by atoms with van der Waals surface area (Å²) >= 11 is 0. The summed E-state index contributed by atoms with van der Waals surface area (Å²) in [6, 6.07) is 4.78. The molecule has 0 saturated carbocycles. The molecule has 1 aromatic carbocycles. The third kappa shape index (κ3) is 2.63. The molecular weight excluding hydrogens is 234 g/mol. The fourth-order valence-corrected chi connectivity index (χ4v) is 1.85. The number of nitro benzene ring substituents is 1. The number of aromatic nitrogens is 2. The van der Waals surface area contributed by atoms with Crippen LogP contribution in [0.25, 0.3) is 10.9 Å². The first-order valence-corrected chi connectivity index (χ1v) is 5.76. The summed E-state index contributed by atoms with van der Waals surface area (Å²) in [5.74, 6) is 5.19. The van der Waals surface area contributed by atoms with Crippen LogP contribution in [0.1, 0.15) is 12.8 Å². The quantitative estimate of drug-likeness (QED) is 0.347. The minimum Gasteiger partial charge on any atom is -0.271 e. The number of hydrogen-bond donors (Lipinski definition) is 2. The van der Waals surface area contributed by atoms with E-state index in [-0.39, 0.29) is 5.69 Å². The van der Waals surface area contributed by atoms with E-state index in [9.17, 15) is 10.1 Å². The van der Waals surface area contributed by atoms with Gasteiger partial charge in [0.25, 0.3) is 5.69 Å². The van der Waals surface area contributed by atoms with Crippen LogP contribution in [-0.4, -0.2) is 21.2 Å². The molecule has 0 spiro atoms. The molecule has 0 aliphatic rings. The van der Waals surface area contributed by atoms with Crippen molar-refractivity contribution in [2.24, 2.45) is 5.84 Å². The molecule has 18 heavy (non-hydrogen) atoms. The molecule has 0 saturated heterocycles. The number of rotatable bonds is 6. The topological polar surface area (TPSA) is 99.0 Å². The molecule has 2 aromatic rings. The van der Waals surface area contributed by atoms with Crippen molar-refractivity contribution < 1.29 is 4.92 Å². The number of benzene rings is 1. The first-order valence-electron chi connectivity index (χ1n) is 5.76. The first-order chi connectivity index (χ1) is 8.72. The highest BCUT2D eigenvalue weighted by molar-refractivity contribution is 5.81. The number of nitrogens with one attached hydrogen (secondary N) is 1. The summed E-state index contributed by atoms with van der Waals surface area (Å²) in [7, 11) is 0. The van der Waals surface area contributed by atoms with E-state index in [0.717, 1.165) is 36.8 Å². The van der Waals surface area contributed by atoms with E-state index in [1.807, 2.05) is 4.68 Å². The van der Waals surface area contributed by atoms with E-state index in [1.165, 1.54) is 6.07 Å². The molecular formula is C11H15N5O2. The molecule has 3 N–H and O–H groups in total. The van der Waals surface area contributed by atoms with Gasteiger partial charge in [0.05, 0.1) is 16.6 Å². The Bertz CT molecular complexity index is 551. The van der Waals surface area contributed by atoms with Gasteiger partial charge in [-0.3, -0.25) is 26.1 Å². The van der Waals surface area contributed by atoms with Crippen molar-refractivity contribution in [1.29, 1.82) is 0 Å². The van der Waals surface area contributed by atoms with Gasteiger partial charge in [-0.2, -0.15) is 5.10 Å². The highest BCUT2D eigenvalue weighted by atomic mass is 16.6. The average Bonchev–Trinajstić information content (AvgIpc) is 2.77. The van der Waals surface area contributed by atoms with Crippen LogP contribution in [0.2, 0.25) is 0 Å². The van der Waals surface area contributed by atoms with Gasteiger partial charge in [0.1, 0.15) is 0 Å². The van der Waals surface area contributed by atoms with Gasteiger partial charge in [-0.1, -0.05) is 0 Å². The Morgan fingerprint density at radius 2 is 2.28 bits per heavy atom. The summed E-state index contributed by atoms with van der Waals surface area (Å²) in [6.45, 7) is 1.55. The zero-order valence-corrected chi connectivity index (χ0v) is 9.87. The lowest BCUT2D eigenvalue weighted by molar-refractivity contribution is -0.384. The Balaban J connectivity index is 2.13. The number of non-ortho nitro benzene ring substituents is 1. The maximum Gasteiger partial charge on any atom is 0.270 e. The standard InChI is InChI=1S/C11H15N5O2/c12-13-5-1-2-6-15-11-4-3-10(16(17)18)7-9(11)8-14-15/h3-4,7-8,13H,1-2,5-6,12H2. The molecule has 0 fully saturated rings. The highest BCUT2D eigenvalue weighted by Gasteiger charge is 2.09. The van der Waals surface area contributed by atoms with Gasteiger partial charge < -0.3 is 0 Å². The molecule has 7 heteroatoms. The van der Waals surface area contributed by atoms with Crippen molar-refractivity contribution in [1.82, 2.24) is 15.2 Å². The molecule has 96 valence electrons. The van der Waals surface area contributed by atoms with Crippen LogP contribution in [0.3, 0.4) is 0 Å². The Labute approximate surface area is 104 Å². The number of nitro groups is 1.